The third kappa shape index (κ3) is 7.76. The van der Waals surface area contributed by atoms with Gasteiger partial charge in [0.1, 0.15) is 6.10 Å². The molecule has 1 heterocycles. The molecule has 7 nitrogen and oxygen atoms in total. The second-order valence-electron chi connectivity index (χ2n) is 11.9. The largest absolute Gasteiger partial charge is 0.459 e. The van der Waals surface area contributed by atoms with Crippen molar-refractivity contribution in [2.45, 2.75) is 79.4 Å². The van der Waals surface area contributed by atoms with Gasteiger partial charge in [-0.25, -0.2) is 9.78 Å². The van der Waals surface area contributed by atoms with Crippen molar-refractivity contribution in [1.82, 2.24) is 9.55 Å². The molecule has 202 valence electrons. The quantitative estimate of drug-likeness (QED) is 0.297. The number of aryl methyl sites for hydroxylation is 1. The Labute approximate surface area is 221 Å². The minimum absolute atomic E-state index is 0.119. The van der Waals surface area contributed by atoms with Gasteiger partial charge in [0.2, 0.25) is 0 Å². The van der Waals surface area contributed by atoms with Gasteiger partial charge < -0.3 is 14.0 Å². The van der Waals surface area contributed by atoms with Crippen molar-refractivity contribution in [2.75, 3.05) is 0 Å². The van der Waals surface area contributed by atoms with E-state index in [0.29, 0.717) is 36.8 Å². The van der Waals surface area contributed by atoms with Crippen LogP contribution in [-0.2, 0) is 30.9 Å². The van der Waals surface area contributed by atoms with E-state index < -0.39 is 17.5 Å². The summed E-state index contributed by atoms with van der Waals surface area (Å²) in [5, 5.41) is 0. The first-order valence-corrected chi connectivity index (χ1v) is 13.3. The van der Waals surface area contributed by atoms with Crippen LogP contribution >= 0.6 is 0 Å². The average molecular weight is 511 g/mol. The van der Waals surface area contributed by atoms with E-state index in [-0.39, 0.29) is 29.7 Å². The number of carbonyl (C=O) groups is 3. The van der Waals surface area contributed by atoms with Crippen LogP contribution in [0.3, 0.4) is 0 Å². The predicted octanol–water partition coefficient (Wildman–Crippen LogP) is 5.47. The lowest BCUT2D eigenvalue weighted by molar-refractivity contribution is -0.163. The van der Waals surface area contributed by atoms with Crippen LogP contribution in [0.2, 0.25) is 0 Å². The van der Waals surface area contributed by atoms with Gasteiger partial charge in [0.15, 0.2) is 11.9 Å². The highest BCUT2D eigenvalue weighted by atomic mass is 16.6. The van der Waals surface area contributed by atoms with E-state index in [1.165, 1.54) is 17.7 Å². The first-order chi connectivity index (χ1) is 17.3. The first kappa shape index (κ1) is 28.6. The van der Waals surface area contributed by atoms with Crippen LogP contribution in [0.25, 0.3) is 6.08 Å². The topological polar surface area (TPSA) is 87.5 Å². The third-order valence-corrected chi connectivity index (χ3v) is 7.48. The second kappa shape index (κ2) is 12.1. The molecule has 37 heavy (non-hydrogen) atoms. The highest BCUT2D eigenvalue weighted by Gasteiger charge is 2.41. The van der Waals surface area contributed by atoms with E-state index >= 15 is 0 Å². The zero-order valence-electron chi connectivity index (χ0n) is 23.3. The van der Waals surface area contributed by atoms with Gasteiger partial charge in [-0.2, -0.15) is 0 Å². The fraction of sp³-hybridized carbons (Fsp3) is 0.600. The standard InChI is InChI=1S/C30H42N2O5/c1-19(2)23-13-11-20(3)24-15-22(36-28(34)14-12-21-17-32(7)18-31-21)9-8-10-26(33)27(16-25(23)24)37-29(35)30(4,5)6/h8,10-12,14,17-19,22-25,27H,9,13,15-16H2,1-7H3/b10-8-,14-12+/t22-,23-,24+,25-,27-/m1/s1. The Kier molecular flexibility index (Phi) is 9.32. The molecule has 0 unspecified atom stereocenters. The summed E-state index contributed by atoms with van der Waals surface area (Å²) >= 11 is 0. The number of fused-ring (bicyclic) bond motifs is 1. The molecule has 0 N–H and O–H groups in total. The van der Waals surface area contributed by atoms with Gasteiger partial charge in [-0.05, 0) is 82.8 Å². The fourth-order valence-corrected chi connectivity index (χ4v) is 5.32. The molecule has 0 aromatic carbocycles. The van der Waals surface area contributed by atoms with Crippen LogP contribution in [0.4, 0.5) is 0 Å². The van der Waals surface area contributed by atoms with Gasteiger partial charge >= 0.3 is 11.9 Å². The van der Waals surface area contributed by atoms with Gasteiger partial charge in [0.25, 0.3) is 0 Å². The van der Waals surface area contributed by atoms with Crippen molar-refractivity contribution >= 4 is 23.8 Å². The molecule has 0 fully saturated rings. The van der Waals surface area contributed by atoms with E-state index in [0.717, 1.165) is 6.42 Å². The second-order valence-corrected chi connectivity index (χ2v) is 11.9. The molecule has 0 spiro atoms. The average Bonchev–Trinajstić information content (AvgIpc) is 3.23. The molecule has 0 saturated carbocycles. The van der Waals surface area contributed by atoms with Gasteiger partial charge in [-0.1, -0.05) is 31.6 Å². The molecule has 1 aromatic rings. The number of esters is 2. The molecule has 3 rings (SSSR count). The van der Waals surface area contributed by atoms with Gasteiger partial charge in [-0.15, -0.1) is 0 Å². The molecule has 0 amide bonds. The Hall–Kier alpha value is -2.96. The fourth-order valence-electron chi connectivity index (χ4n) is 5.32. The zero-order valence-corrected chi connectivity index (χ0v) is 23.3. The normalized spacial score (nSPS) is 27.9. The number of hydrogen-bond acceptors (Lipinski definition) is 6. The lowest BCUT2D eigenvalue weighted by Gasteiger charge is -2.42. The van der Waals surface area contributed by atoms with Gasteiger partial charge in [-0.3, -0.25) is 9.59 Å². The van der Waals surface area contributed by atoms with Crippen LogP contribution in [0.1, 0.15) is 72.9 Å². The van der Waals surface area contributed by atoms with E-state index in [4.69, 9.17) is 9.47 Å². The molecule has 0 bridgehead atoms. The number of imidazole rings is 1. The lowest BCUT2D eigenvalue weighted by atomic mass is 9.64. The summed E-state index contributed by atoms with van der Waals surface area (Å²) in [6, 6.07) is 0. The van der Waals surface area contributed by atoms with E-state index in [9.17, 15) is 14.4 Å². The van der Waals surface area contributed by atoms with Crippen molar-refractivity contribution in [3.63, 3.8) is 0 Å². The van der Waals surface area contributed by atoms with Crippen molar-refractivity contribution in [3.05, 3.63) is 48.1 Å². The van der Waals surface area contributed by atoms with Gasteiger partial charge in [0.05, 0.1) is 17.4 Å². The summed E-state index contributed by atoms with van der Waals surface area (Å²) in [4.78, 5) is 42.8. The molecule has 1 aromatic heterocycles. The Balaban J connectivity index is 1.87. The number of nitrogens with zero attached hydrogens (tertiary/aromatic N) is 2. The van der Waals surface area contributed by atoms with Crippen LogP contribution in [0.5, 0.6) is 0 Å². The number of carbonyl (C=O) groups excluding carboxylic acids is 3. The van der Waals surface area contributed by atoms with Crippen LogP contribution in [0, 0.1) is 29.1 Å². The highest BCUT2D eigenvalue weighted by Crippen LogP contribution is 2.44. The van der Waals surface area contributed by atoms with E-state index in [2.05, 4.69) is 31.8 Å². The number of ether oxygens (including phenoxy) is 2. The lowest BCUT2D eigenvalue weighted by Crippen LogP contribution is -2.40. The summed E-state index contributed by atoms with van der Waals surface area (Å²) in [5.41, 5.74) is 1.23. The maximum absolute atomic E-state index is 13.2. The Morgan fingerprint density at radius 2 is 1.89 bits per heavy atom. The van der Waals surface area contributed by atoms with Crippen LogP contribution < -0.4 is 0 Å². The molecule has 7 heteroatoms. The molecule has 5 atom stereocenters. The van der Waals surface area contributed by atoms with Crippen molar-refractivity contribution in [1.29, 1.82) is 0 Å². The number of allylic oxidation sites excluding steroid dienone is 2. The molecule has 2 aliphatic carbocycles. The Bertz CT molecular complexity index is 1070. The number of aromatic nitrogens is 2. The van der Waals surface area contributed by atoms with Gasteiger partial charge in [0, 0.05) is 25.7 Å². The highest BCUT2D eigenvalue weighted by molar-refractivity contribution is 5.95. The molecule has 0 radical (unpaired) electrons. The molecular weight excluding hydrogens is 468 g/mol. The predicted molar refractivity (Wildman–Crippen MR) is 143 cm³/mol. The minimum Gasteiger partial charge on any atom is -0.459 e. The monoisotopic (exact) mass is 510 g/mol. The SMILES string of the molecule is CC1=CC[C@H](C(C)C)[C@H]2C[C@@H](OC(=O)C(C)(C)C)C(=O)/C=C\C[C@@H](OC(=O)/C=C/c3cn(C)cn3)C[C@@H]12. The summed E-state index contributed by atoms with van der Waals surface area (Å²) in [7, 11) is 1.87. The molecule has 0 saturated heterocycles. The van der Waals surface area contributed by atoms with Crippen LogP contribution in [0.15, 0.2) is 42.4 Å². The van der Waals surface area contributed by atoms with Crippen molar-refractivity contribution < 1.29 is 23.9 Å². The number of hydrogen-bond donors (Lipinski definition) is 0. The zero-order chi connectivity index (χ0) is 27.3. The maximum Gasteiger partial charge on any atom is 0.331 e. The maximum atomic E-state index is 13.2. The Morgan fingerprint density at radius 3 is 2.51 bits per heavy atom. The molecule has 0 aliphatic heterocycles. The first-order valence-electron chi connectivity index (χ1n) is 13.3. The smallest absolute Gasteiger partial charge is 0.331 e. The Morgan fingerprint density at radius 1 is 1.16 bits per heavy atom. The molecule has 2 aliphatic rings. The summed E-state index contributed by atoms with van der Waals surface area (Å²) in [5.74, 6) is -0.0411. The van der Waals surface area contributed by atoms with Crippen molar-refractivity contribution in [2.24, 2.45) is 36.1 Å². The number of rotatable bonds is 5. The van der Waals surface area contributed by atoms with Crippen molar-refractivity contribution in [3.8, 4) is 0 Å². The third-order valence-electron chi connectivity index (χ3n) is 7.48. The summed E-state index contributed by atoms with van der Waals surface area (Å²) in [6.45, 7) is 11.9. The molecular formula is C30H42N2O5. The van der Waals surface area contributed by atoms with Crippen LogP contribution in [-0.4, -0.2) is 39.5 Å². The summed E-state index contributed by atoms with van der Waals surface area (Å²) in [6.07, 6.45) is 13.3. The minimum atomic E-state index is -0.817. The van der Waals surface area contributed by atoms with E-state index in [1.54, 1.807) is 39.3 Å². The number of ketones is 1. The van der Waals surface area contributed by atoms with E-state index in [1.807, 2.05) is 17.8 Å². The summed E-state index contributed by atoms with van der Waals surface area (Å²) < 4.78 is 13.5.